The van der Waals surface area contributed by atoms with E-state index in [0.717, 1.165) is 16.7 Å². The number of imide groups is 1. The maximum Gasteiger partial charge on any atom is 0.327 e. The van der Waals surface area contributed by atoms with Gasteiger partial charge >= 0.3 is 6.03 Å². The van der Waals surface area contributed by atoms with Crippen LogP contribution in [0.15, 0.2) is 35.2 Å². The Morgan fingerprint density at radius 1 is 1.26 bits per heavy atom. The summed E-state index contributed by atoms with van der Waals surface area (Å²) in [5, 5.41) is 2.03. The fourth-order valence-corrected chi connectivity index (χ4v) is 3.77. The Balaban J connectivity index is 1.80. The molecule has 3 rings (SSSR count). The molecule has 0 aromatic heterocycles. The van der Waals surface area contributed by atoms with Crippen molar-refractivity contribution in [1.29, 1.82) is 0 Å². The number of benzene rings is 1. The minimum absolute atomic E-state index is 0.0711. The Kier molecular flexibility index (Phi) is 3.85. The van der Waals surface area contributed by atoms with E-state index in [9.17, 15) is 18.8 Å². The van der Waals surface area contributed by atoms with Gasteiger partial charge in [0.15, 0.2) is 0 Å². The van der Waals surface area contributed by atoms with Gasteiger partial charge in [0.25, 0.3) is 5.91 Å². The molecule has 0 saturated carbocycles. The van der Waals surface area contributed by atoms with E-state index in [2.05, 4.69) is 5.32 Å². The van der Waals surface area contributed by atoms with E-state index in [4.69, 9.17) is 0 Å². The van der Waals surface area contributed by atoms with Gasteiger partial charge in [-0.05, 0) is 18.2 Å². The van der Waals surface area contributed by atoms with Crippen LogP contribution >= 0.6 is 11.8 Å². The number of amides is 4. The summed E-state index contributed by atoms with van der Waals surface area (Å²) in [4.78, 5) is 39.2. The molecule has 23 heavy (non-hydrogen) atoms. The van der Waals surface area contributed by atoms with Crippen molar-refractivity contribution in [2.45, 2.75) is 5.37 Å². The molecule has 8 heteroatoms. The SMILES string of the molecule is CN1C(=O)C2C=C(C(=O)Nc3ccccc3F)SC2N(C)C1=O. The van der Waals surface area contributed by atoms with E-state index in [1.54, 1.807) is 13.1 Å². The van der Waals surface area contributed by atoms with Crippen molar-refractivity contribution in [1.82, 2.24) is 9.80 Å². The van der Waals surface area contributed by atoms with Crippen molar-refractivity contribution in [3.05, 3.63) is 41.1 Å². The zero-order valence-electron chi connectivity index (χ0n) is 12.4. The molecule has 2 unspecified atom stereocenters. The number of anilines is 1. The van der Waals surface area contributed by atoms with E-state index >= 15 is 0 Å². The molecule has 4 amide bonds. The van der Waals surface area contributed by atoms with Crippen molar-refractivity contribution >= 4 is 35.3 Å². The lowest BCUT2D eigenvalue weighted by molar-refractivity contribution is -0.133. The second-order valence-electron chi connectivity index (χ2n) is 5.29. The highest BCUT2D eigenvalue weighted by Crippen LogP contribution is 2.42. The number of nitrogens with zero attached hydrogens (tertiary/aromatic N) is 2. The number of carbonyl (C=O) groups is 3. The van der Waals surface area contributed by atoms with Gasteiger partial charge in [0.2, 0.25) is 5.91 Å². The number of nitrogens with one attached hydrogen (secondary N) is 1. The van der Waals surface area contributed by atoms with E-state index < -0.39 is 29.0 Å². The Morgan fingerprint density at radius 3 is 2.65 bits per heavy atom. The van der Waals surface area contributed by atoms with Gasteiger partial charge < -0.3 is 10.2 Å². The number of hydrogen-bond acceptors (Lipinski definition) is 4. The minimum Gasteiger partial charge on any atom is -0.319 e. The Bertz CT molecular complexity index is 736. The summed E-state index contributed by atoms with van der Waals surface area (Å²) in [5.74, 6) is -1.95. The summed E-state index contributed by atoms with van der Waals surface area (Å²) in [6, 6.07) is 5.43. The van der Waals surface area contributed by atoms with Gasteiger partial charge in [0.05, 0.1) is 21.9 Å². The van der Waals surface area contributed by atoms with Crippen LogP contribution in [0, 0.1) is 11.7 Å². The first-order valence-electron chi connectivity index (χ1n) is 6.89. The number of rotatable bonds is 2. The summed E-state index contributed by atoms with van der Waals surface area (Å²) in [5.41, 5.74) is 0.0711. The van der Waals surface area contributed by atoms with Gasteiger partial charge in [-0.25, -0.2) is 9.18 Å². The van der Waals surface area contributed by atoms with Gasteiger partial charge in [-0.15, -0.1) is 0 Å². The zero-order chi connectivity index (χ0) is 16.7. The van der Waals surface area contributed by atoms with Crippen LogP contribution in [0.2, 0.25) is 0 Å². The molecule has 120 valence electrons. The molecule has 6 nitrogen and oxygen atoms in total. The highest BCUT2D eigenvalue weighted by molar-refractivity contribution is 8.04. The maximum atomic E-state index is 13.6. The first-order valence-corrected chi connectivity index (χ1v) is 7.77. The van der Waals surface area contributed by atoms with Gasteiger partial charge in [-0.2, -0.15) is 0 Å². The Labute approximate surface area is 136 Å². The Hall–Kier alpha value is -2.35. The summed E-state index contributed by atoms with van der Waals surface area (Å²) in [6.45, 7) is 0. The van der Waals surface area contributed by atoms with Crippen LogP contribution in [0.25, 0.3) is 0 Å². The zero-order valence-corrected chi connectivity index (χ0v) is 13.3. The van der Waals surface area contributed by atoms with E-state index in [1.165, 1.54) is 36.2 Å². The average molecular weight is 335 g/mol. The van der Waals surface area contributed by atoms with Crippen molar-refractivity contribution < 1.29 is 18.8 Å². The maximum absolute atomic E-state index is 13.6. The molecule has 1 N–H and O–H groups in total. The highest BCUT2D eigenvalue weighted by Gasteiger charge is 2.47. The minimum atomic E-state index is -0.575. The molecule has 1 saturated heterocycles. The van der Waals surface area contributed by atoms with Crippen molar-refractivity contribution in [3.8, 4) is 0 Å². The van der Waals surface area contributed by atoms with Gasteiger partial charge in [0.1, 0.15) is 5.82 Å². The third kappa shape index (κ3) is 2.59. The third-order valence-corrected chi connectivity index (χ3v) is 5.24. The van der Waals surface area contributed by atoms with Gasteiger partial charge in [-0.3, -0.25) is 14.5 Å². The lowest BCUT2D eigenvalue weighted by Crippen LogP contribution is -2.56. The van der Waals surface area contributed by atoms with Crippen molar-refractivity contribution in [2.75, 3.05) is 19.4 Å². The van der Waals surface area contributed by atoms with Crippen molar-refractivity contribution in [2.24, 2.45) is 5.92 Å². The molecule has 2 atom stereocenters. The summed E-state index contributed by atoms with van der Waals surface area (Å²) in [7, 11) is 2.99. The van der Waals surface area contributed by atoms with Crippen LogP contribution in [-0.2, 0) is 9.59 Å². The molecule has 0 aliphatic carbocycles. The highest BCUT2D eigenvalue weighted by atomic mass is 32.2. The number of thioether (sulfide) groups is 1. The molecule has 0 spiro atoms. The quantitative estimate of drug-likeness (QED) is 0.896. The number of fused-ring (bicyclic) bond motifs is 1. The van der Waals surface area contributed by atoms with Crippen LogP contribution in [0.5, 0.6) is 0 Å². The Morgan fingerprint density at radius 2 is 1.96 bits per heavy atom. The smallest absolute Gasteiger partial charge is 0.319 e. The van der Waals surface area contributed by atoms with E-state index in [-0.39, 0.29) is 11.6 Å². The topological polar surface area (TPSA) is 69.7 Å². The molecule has 2 aliphatic rings. The largest absolute Gasteiger partial charge is 0.327 e. The number of hydrogen-bond donors (Lipinski definition) is 1. The molecule has 2 aliphatic heterocycles. The third-order valence-electron chi connectivity index (χ3n) is 3.82. The van der Waals surface area contributed by atoms with Crippen LogP contribution in [0.1, 0.15) is 0 Å². The summed E-state index contributed by atoms with van der Waals surface area (Å²) in [6.07, 6.45) is 1.54. The van der Waals surface area contributed by atoms with E-state index in [0.29, 0.717) is 4.91 Å². The standard InChI is InChI=1S/C15H14FN3O3S/c1-18-13(21)8-7-11(23-14(8)19(2)15(18)22)12(20)17-10-6-4-3-5-9(10)16/h3-8,14H,1-2H3,(H,17,20). The van der Waals surface area contributed by atoms with Crippen LogP contribution in [0.4, 0.5) is 14.9 Å². The number of carbonyl (C=O) groups excluding carboxylic acids is 3. The summed E-state index contributed by atoms with van der Waals surface area (Å²) >= 11 is 1.13. The molecular weight excluding hydrogens is 321 g/mol. The number of urea groups is 1. The fourth-order valence-electron chi connectivity index (χ4n) is 2.54. The number of para-hydroxylation sites is 1. The van der Waals surface area contributed by atoms with E-state index in [1.807, 2.05) is 0 Å². The molecule has 1 fully saturated rings. The second kappa shape index (κ2) is 5.69. The molecule has 0 bridgehead atoms. The van der Waals surface area contributed by atoms with Gasteiger partial charge in [0, 0.05) is 14.1 Å². The molecule has 2 heterocycles. The van der Waals surface area contributed by atoms with Crippen molar-refractivity contribution in [3.63, 3.8) is 0 Å². The first kappa shape index (κ1) is 15.5. The summed E-state index contributed by atoms with van der Waals surface area (Å²) < 4.78 is 13.6. The van der Waals surface area contributed by atoms with Crippen LogP contribution in [0.3, 0.4) is 0 Å². The predicted octanol–water partition coefficient (Wildman–Crippen LogP) is 1.86. The number of halogens is 1. The lowest BCUT2D eigenvalue weighted by Gasteiger charge is -2.37. The second-order valence-corrected chi connectivity index (χ2v) is 6.45. The van der Waals surface area contributed by atoms with Gasteiger partial charge in [-0.1, -0.05) is 23.9 Å². The molecule has 1 aromatic rings. The fraction of sp³-hybridized carbons (Fsp3) is 0.267. The normalized spacial score (nSPS) is 23.7. The molecule has 1 aromatic carbocycles. The average Bonchev–Trinajstić information content (AvgIpc) is 2.98. The van der Waals surface area contributed by atoms with Crippen LogP contribution < -0.4 is 5.32 Å². The predicted molar refractivity (Wildman–Crippen MR) is 83.9 cm³/mol. The van der Waals surface area contributed by atoms with Crippen LogP contribution in [-0.4, -0.2) is 47.1 Å². The lowest BCUT2D eigenvalue weighted by atomic mass is 10.0. The first-order chi connectivity index (χ1) is 10.9. The molecule has 0 radical (unpaired) electrons. The molecular formula is C15H14FN3O3S. The monoisotopic (exact) mass is 335 g/mol.